The van der Waals surface area contributed by atoms with Crippen LogP contribution in [0.1, 0.15) is 54.9 Å². The average molecular weight is 666 g/mol. The van der Waals surface area contributed by atoms with Gasteiger partial charge in [-0.2, -0.15) is 13.2 Å². The molecule has 244 valence electrons. The minimum Gasteiger partial charge on any atom is -0.445 e. The van der Waals surface area contributed by atoms with Crippen molar-refractivity contribution in [3.8, 4) is 23.0 Å². The number of aromatic nitrogens is 6. The molecule has 2 saturated heterocycles. The van der Waals surface area contributed by atoms with Crippen LogP contribution in [-0.4, -0.2) is 60.4 Å². The van der Waals surface area contributed by atoms with Gasteiger partial charge in [0.05, 0.1) is 36.4 Å². The normalized spacial score (nSPS) is 21.8. The summed E-state index contributed by atoms with van der Waals surface area (Å²) in [5, 5.41) is 7.55. The quantitative estimate of drug-likeness (QED) is 0.205. The van der Waals surface area contributed by atoms with Gasteiger partial charge in [-0.05, 0) is 74.7 Å². The van der Waals surface area contributed by atoms with Gasteiger partial charge in [-0.1, -0.05) is 23.7 Å². The van der Waals surface area contributed by atoms with Crippen LogP contribution in [0.15, 0.2) is 54.7 Å². The van der Waals surface area contributed by atoms with Gasteiger partial charge in [-0.25, -0.2) is 4.98 Å². The molecule has 47 heavy (non-hydrogen) atoms. The first-order valence-electron chi connectivity index (χ1n) is 15.6. The van der Waals surface area contributed by atoms with Crippen LogP contribution in [0.3, 0.4) is 0 Å². The Morgan fingerprint density at radius 1 is 1.04 bits per heavy atom. The van der Waals surface area contributed by atoms with Crippen LogP contribution in [0, 0.1) is 0 Å². The molecule has 0 radical (unpaired) electrons. The number of nitrogens with zero attached hydrogens (tertiary/aromatic N) is 6. The zero-order valence-electron chi connectivity index (χ0n) is 25.4. The molecule has 0 aliphatic carbocycles. The number of fused-ring (bicyclic) bond motifs is 2. The monoisotopic (exact) mass is 665 g/mol. The van der Waals surface area contributed by atoms with Crippen molar-refractivity contribution in [2.75, 3.05) is 19.7 Å². The van der Waals surface area contributed by atoms with E-state index < -0.39 is 17.8 Å². The zero-order valence-corrected chi connectivity index (χ0v) is 26.2. The van der Waals surface area contributed by atoms with Gasteiger partial charge in [0, 0.05) is 29.7 Å². The molecule has 3 aliphatic heterocycles. The molecular weight excluding hydrogens is 635 g/mol. The number of ether oxygens (including phenoxy) is 3. The fraction of sp³-hybridized carbons (Fsp3) is 0.394. The van der Waals surface area contributed by atoms with Gasteiger partial charge < -0.3 is 23.8 Å². The van der Waals surface area contributed by atoms with E-state index in [1.807, 2.05) is 43.3 Å². The van der Waals surface area contributed by atoms with E-state index in [-0.39, 0.29) is 17.6 Å². The van der Waals surface area contributed by atoms with E-state index >= 15 is 0 Å². The number of hydrogen-bond acceptors (Lipinski definition) is 8. The summed E-state index contributed by atoms with van der Waals surface area (Å²) in [4.78, 5) is 13.9. The minimum atomic E-state index is -4.63. The number of imidazole rings is 1. The number of benzene rings is 2. The first-order chi connectivity index (χ1) is 22.6. The predicted octanol–water partition coefficient (Wildman–Crippen LogP) is 6.70. The first-order valence-corrected chi connectivity index (χ1v) is 16.0. The summed E-state index contributed by atoms with van der Waals surface area (Å²) in [7, 11) is 0. The van der Waals surface area contributed by atoms with Crippen LogP contribution < -0.4 is 9.47 Å². The lowest BCUT2D eigenvalue weighted by Crippen LogP contribution is -2.35. The zero-order chi connectivity index (χ0) is 32.3. The summed E-state index contributed by atoms with van der Waals surface area (Å²) in [6.45, 7) is 5.61. The fourth-order valence-corrected chi connectivity index (χ4v) is 6.73. The number of rotatable bonds is 7. The standard InChI is InChI=1S/C33H31ClF3N7O3/c1-32(20-5-7-21(34)8-6-20)46-27-4-2-3-23(29(27)47-32)19-9-12-43(13-10-19)18-28-39-24-15-25(30-40-31(42-41-30)33(35,36)37)38-16-26(24)44(28)17-22-11-14-45-22/h2-8,15-16,19,22H,9-14,17-18H2,1H3,(H,40,41,42). The second-order valence-corrected chi connectivity index (χ2v) is 12.8. The van der Waals surface area contributed by atoms with Crippen LogP contribution >= 0.6 is 11.6 Å². The van der Waals surface area contributed by atoms with Crippen molar-refractivity contribution < 1.29 is 27.4 Å². The van der Waals surface area contributed by atoms with Crippen molar-refractivity contribution in [3.05, 3.63) is 82.5 Å². The molecule has 0 amide bonds. The van der Waals surface area contributed by atoms with Gasteiger partial charge in [0.25, 0.3) is 5.79 Å². The third kappa shape index (κ3) is 5.70. The van der Waals surface area contributed by atoms with E-state index in [0.29, 0.717) is 29.5 Å². The van der Waals surface area contributed by atoms with Gasteiger partial charge in [0.15, 0.2) is 17.3 Å². The number of halogens is 4. The Morgan fingerprint density at radius 3 is 2.53 bits per heavy atom. The maximum Gasteiger partial charge on any atom is 0.451 e. The van der Waals surface area contributed by atoms with Crippen molar-refractivity contribution in [2.45, 2.75) is 63.3 Å². The number of likely N-dealkylation sites (tertiary alicyclic amines) is 1. The highest BCUT2D eigenvalue weighted by atomic mass is 35.5. The number of alkyl halides is 3. The smallest absolute Gasteiger partial charge is 0.445 e. The number of aromatic amines is 1. The van der Waals surface area contributed by atoms with Gasteiger partial charge in [0.2, 0.25) is 5.82 Å². The summed E-state index contributed by atoms with van der Waals surface area (Å²) in [6.07, 6.45) is -0.0820. The van der Waals surface area contributed by atoms with Crippen molar-refractivity contribution in [1.29, 1.82) is 0 Å². The van der Waals surface area contributed by atoms with Crippen LogP contribution in [0.25, 0.3) is 22.6 Å². The molecule has 8 rings (SSSR count). The Morgan fingerprint density at radius 2 is 1.83 bits per heavy atom. The summed E-state index contributed by atoms with van der Waals surface area (Å²) in [5.74, 6) is 0.532. The molecule has 5 aromatic rings. The molecule has 3 aliphatic rings. The number of hydrogen-bond donors (Lipinski definition) is 1. The van der Waals surface area contributed by atoms with Crippen LogP contribution in [0.2, 0.25) is 5.02 Å². The van der Waals surface area contributed by atoms with E-state index in [0.717, 1.165) is 72.9 Å². The van der Waals surface area contributed by atoms with Crippen molar-refractivity contribution in [3.63, 3.8) is 0 Å². The molecule has 0 saturated carbocycles. The lowest BCUT2D eigenvalue weighted by molar-refractivity contribution is -0.144. The highest BCUT2D eigenvalue weighted by molar-refractivity contribution is 6.30. The number of nitrogens with one attached hydrogen (secondary N) is 1. The van der Waals surface area contributed by atoms with E-state index in [1.165, 1.54) is 0 Å². The van der Waals surface area contributed by atoms with E-state index in [4.69, 9.17) is 30.8 Å². The van der Waals surface area contributed by atoms with Gasteiger partial charge in [-0.15, -0.1) is 10.2 Å². The highest BCUT2D eigenvalue weighted by Crippen LogP contribution is 2.49. The summed E-state index contributed by atoms with van der Waals surface area (Å²) in [5.41, 5.74) is 3.71. The Labute approximate surface area is 272 Å². The molecule has 2 atom stereocenters. The molecule has 3 aromatic heterocycles. The summed E-state index contributed by atoms with van der Waals surface area (Å²) in [6, 6.07) is 15.3. The topological polar surface area (TPSA) is 103 Å². The molecule has 0 spiro atoms. The molecule has 10 nitrogen and oxygen atoms in total. The minimum absolute atomic E-state index is 0.0602. The second-order valence-electron chi connectivity index (χ2n) is 12.4. The largest absolute Gasteiger partial charge is 0.451 e. The summed E-state index contributed by atoms with van der Waals surface area (Å²) < 4.78 is 60.0. The predicted molar refractivity (Wildman–Crippen MR) is 166 cm³/mol. The highest BCUT2D eigenvalue weighted by Gasteiger charge is 2.41. The number of para-hydroxylation sites is 1. The van der Waals surface area contributed by atoms with Crippen molar-refractivity contribution in [2.24, 2.45) is 0 Å². The van der Waals surface area contributed by atoms with Gasteiger partial charge in [0.1, 0.15) is 11.5 Å². The van der Waals surface area contributed by atoms with Crippen LogP contribution in [0.4, 0.5) is 13.2 Å². The van der Waals surface area contributed by atoms with Crippen LogP contribution in [-0.2, 0) is 29.8 Å². The van der Waals surface area contributed by atoms with Gasteiger partial charge >= 0.3 is 6.18 Å². The molecule has 2 unspecified atom stereocenters. The molecule has 2 aromatic carbocycles. The second kappa shape index (κ2) is 11.5. The maximum absolute atomic E-state index is 13.1. The molecule has 14 heteroatoms. The molecule has 6 heterocycles. The van der Waals surface area contributed by atoms with E-state index in [2.05, 4.69) is 35.7 Å². The molecule has 1 N–H and O–H groups in total. The fourth-order valence-electron chi connectivity index (χ4n) is 6.61. The lowest BCUT2D eigenvalue weighted by atomic mass is 9.88. The molecular formula is C33H31ClF3N7O3. The number of piperidine rings is 1. The van der Waals surface area contributed by atoms with E-state index in [9.17, 15) is 13.2 Å². The Kier molecular flexibility index (Phi) is 7.38. The SMILES string of the molecule is CC1(c2ccc(Cl)cc2)Oc2cccc(C3CCN(Cc4nc5cc(-c6nnc(C(F)(F)F)[nH]6)ncc5n4CC4CCO4)CC3)c2O1. The molecule has 0 bridgehead atoms. The van der Waals surface area contributed by atoms with Crippen LogP contribution in [0.5, 0.6) is 11.5 Å². The molecule has 2 fully saturated rings. The van der Waals surface area contributed by atoms with Crippen molar-refractivity contribution in [1.82, 2.24) is 34.6 Å². The maximum atomic E-state index is 13.1. The third-order valence-electron chi connectivity index (χ3n) is 9.26. The third-order valence-corrected chi connectivity index (χ3v) is 9.52. The van der Waals surface area contributed by atoms with E-state index in [1.54, 1.807) is 12.3 Å². The number of pyridine rings is 1. The Bertz CT molecular complexity index is 1930. The first kappa shape index (κ1) is 30.2. The van der Waals surface area contributed by atoms with Crippen molar-refractivity contribution >= 4 is 22.6 Å². The van der Waals surface area contributed by atoms with Gasteiger partial charge in [-0.3, -0.25) is 9.88 Å². The Balaban J connectivity index is 0.996. The number of H-pyrrole nitrogens is 1. The summed E-state index contributed by atoms with van der Waals surface area (Å²) >= 11 is 6.11. The lowest BCUT2D eigenvalue weighted by Gasteiger charge is -2.33. The Hall–Kier alpha value is -4.20. The average Bonchev–Trinajstić information content (AvgIpc) is 3.75.